The molecule has 1 amide bonds. The zero-order chi connectivity index (χ0) is 18.4. The summed E-state index contributed by atoms with van der Waals surface area (Å²) in [6.07, 6.45) is 2.51. The number of nitrogens with zero attached hydrogens (tertiary/aromatic N) is 3. The molecule has 1 N–H and O–H groups in total. The number of benzene rings is 1. The first-order valence-electron chi connectivity index (χ1n) is 8.59. The van der Waals surface area contributed by atoms with Crippen LogP contribution >= 0.6 is 0 Å². The zero-order valence-corrected chi connectivity index (χ0v) is 14.9. The van der Waals surface area contributed by atoms with Gasteiger partial charge in [0.1, 0.15) is 12.4 Å². The van der Waals surface area contributed by atoms with E-state index in [1.165, 1.54) is 0 Å². The monoisotopic (exact) mass is 350 g/mol. The molecule has 2 heterocycles. The second-order valence-electron chi connectivity index (χ2n) is 5.97. The fourth-order valence-electron chi connectivity index (χ4n) is 2.80. The maximum absolute atomic E-state index is 12.8. The summed E-state index contributed by atoms with van der Waals surface area (Å²) in [6.45, 7) is 2.36. The topological polar surface area (TPSA) is 71.1 Å². The van der Waals surface area contributed by atoms with Crippen LogP contribution in [0.5, 0.6) is 5.75 Å². The van der Waals surface area contributed by atoms with E-state index in [4.69, 9.17) is 4.74 Å². The first kappa shape index (κ1) is 17.7. The summed E-state index contributed by atoms with van der Waals surface area (Å²) in [6, 6.07) is 16.9. The molecule has 0 fully saturated rings. The van der Waals surface area contributed by atoms with Crippen molar-refractivity contribution < 1.29 is 9.53 Å². The normalized spacial score (nSPS) is 11.8. The van der Waals surface area contributed by atoms with Crippen molar-refractivity contribution in [1.82, 2.24) is 20.1 Å². The molecule has 134 valence electrons. The van der Waals surface area contributed by atoms with Gasteiger partial charge in [-0.3, -0.25) is 14.9 Å². The molecular weight excluding hydrogens is 328 g/mol. The highest BCUT2D eigenvalue weighted by atomic mass is 16.5. The SMILES string of the molecule is CC[C@H](c1ccccn1)N(C)C(=O)c1cc(COc2ccccc2)[nH]n1. The van der Waals surface area contributed by atoms with E-state index in [9.17, 15) is 4.79 Å². The minimum Gasteiger partial charge on any atom is -0.487 e. The van der Waals surface area contributed by atoms with Crippen LogP contribution in [-0.4, -0.2) is 33.0 Å². The minimum absolute atomic E-state index is 0.0931. The molecular formula is C20H22N4O2. The highest BCUT2D eigenvalue weighted by Gasteiger charge is 2.24. The molecule has 1 atom stereocenters. The summed E-state index contributed by atoms with van der Waals surface area (Å²) in [5.41, 5.74) is 1.99. The fourth-order valence-corrected chi connectivity index (χ4v) is 2.80. The van der Waals surface area contributed by atoms with Gasteiger partial charge in [-0.1, -0.05) is 31.2 Å². The highest BCUT2D eigenvalue weighted by molar-refractivity contribution is 5.92. The van der Waals surface area contributed by atoms with Crippen LogP contribution in [0.2, 0.25) is 0 Å². The molecule has 0 aliphatic rings. The number of carbonyl (C=O) groups excluding carboxylic acids is 1. The van der Waals surface area contributed by atoms with Crippen LogP contribution in [0.4, 0.5) is 0 Å². The molecule has 0 bridgehead atoms. The molecule has 3 rings (SSSR count). The fraction of sp³-hybridized carbons (Fsp3) is 0.250. The minimum atomic E-state index is -0.148. The lowest BCUT2D eigenvalue weighted by Crippen LogP contribution is -2.31. The van der Waals surface area contributed by atoms with Gasteiger partial charge in [-0.25, -0.2) is 0 Å². The summed E-state index contributed by atoms with van der Waals surface area (Å²) in [5, 5.41) is 7.01. The van der Waals surface area contributed by atoms with E-state index in [-0.39, 0.29) is 11.9 Å². The first-order valence-corrected chi connectivity index (χ1v) is 8.59. The standard InChI is InChI=1S/C20H22N4O2/c1-3-19(17-11-7-8-12-21-17)24(2)20(25)18-13-15(22-23-18)14-26-16-9-5-4-6-10-16/h4-13,19H,3,14H2,1-2H3,(H,22,23)/t19-/m1/s1. The van der Waals surface area contributed by atoms with Gasteiger partial charge in [0.2, 0.25) is 0 Å². The summed E-state index contributed by atoms with van der Waals surface area (Å²) >= 11 is 0. The molecule has 0 saturated heterocycles. The molecule has 0 aliphatic heterocycles. The Bertz CT molecular complexity index is 833. The molecule has 6 heteroatoms. The van der Waals surface area contributed by atoms with E-state index in [1.807, 2.05) is 55.5 Å². The number of nitrogens with one attached hydrogen (secondary N) is 1. The molecule has 0 saturated carbocycles. The number of H-pyrrole nitrogens is 1. The van der Waals surface area contributed by atoms with Gasteiger partial charge in [0.25, 0.3) is 5.91 Å². The molecule has 0 aliphatic carbocycles. The molecule has 0 spiro atoms. The third-order valence-corrected chi connectivity index (χ3v) is 4.19. The molecule has 0 unspecified atom stereocenters. The number of aromatic nitrogens is 3. The molecule has 1 aromatic carbocycles. The average molecular weight is 350 g/mol. The van der Waals surface area contributed by atoms with Crippen molar-refractivity contribution in [1.29, 1.82) is 0 Å². The van der Waals surface area contributed by atoms with Gasteiger partial charge < -0.3 is 9.64 Å². The lowest BCUT2D eigenvalue weighted by atomic mass is 10.1. The first-order chi connectivity index (χ1) is 12.7. The Balaban J connectivity index is 1.67. The van der Waals surface area contributed by atoms with E-state index >= 15 is 0 Å². The number of hydrogen-bond donors (Lipinski definition) is 1. The number of pyridine rings is 1. The highest BCUT2D eigenvalue weighted by Crippen LogP contribution is 2.22. The van der Waals surface area contributed by atoms with E-state index in [0.717, 1.165) is 23.6 Å². The van der Waals surface area contributed by atoms with Crippen molar-refractivity contribution >= 4 is 5.91 Å². The third-order valence-electron chi connectivity index (χ3n) is 4.19. The van der Waals surface area contributed by atoms with Gasteiger partial charge in [-0.2, -0.15) is 5.10 Å². The number of aromatic amines is 1. The van der Waals surface area contributed by atoms with E-state index in [2.05, 4.69) is 15.2 Å². The van der Waals surface area contributed by atoms with Crippen molar-refractivity contribution in [3.8, 4) is 5.75 Å². The van der Waals surface area contributed by atoms with Gasteiger partial charge in [0.05, 0.1) is 17.4 Å². The number of amides is 1. The van der Waals surface area contributed by atoms with Gasteiger partial charge in [-0.05, 0) is 36.8 Å². The van der Waals surface area contributed by atoms with Crippen LogP contribution < -0.4 is 4.74 Å². The predicted molar refractivity (Wildman–Crippen MR) is 98.7 cm³/mol. The molecule has 3 aromatic rings. The second kappa shape index (κ2) is 8.29. The Morgan fingerprint density at radius 3 is 2.65 bits per heavy atom. The van der Waals surface area contributed by atoms with E-state index in [0.29, 0.717) is 12.3 Å². The number of para-hydroxylation sites is 1. The zero-order valence-electron chi connectivity index (χ0n) is 14.9. The van der Waals surface area contributed by atoms with Crippen molar-refractivity contribution in [2.45, 2.75) is 26.0 Å². The van der Waals surface area contributed by atoms with Gasteiger partial charge in [0.15, 0.2) is 5.69 Å². The predicted octanol–water partition coefficient (Wildman–Crippen LogP) is 3.61. The Labute approximate surface area is 152 Å². The van der Waals surface area contributed by atoms with E-state index in [1.54, 1.807) is 24.2 Å². The lowest BCUT2D eigenvalue weighted by Gasteiger charge is -2.26. The number of ether oxygens (including phenoxy) is 1. The number of rotatable bonds is 7. The lowest BCUT2D eigenvalue weighted by molar-refractivity contribution is 0.0716. The summed E-state index contributed by atoms with van der Waals surface area (Å²) in [4.78, 5) is 18.8. The number of carbonyl (C=O) groups is 1. The quantitative estimate of drug-likeness (QED) is 0.707. The maximum atomic E-state index is 12.8. The van der Waals surface area contributed by atoms with Crippen molar-refractivity contribution in [2.75, 3.05) is 7.05 Å². The van der Waals surface area contributed by atoms with Crippen molar-refractivity contribution in [3.05, 3.63) is 77.9 Å². The molecule has 6 nitrogen and oxygen atoms in total. The Morgan fingerprint density at radius 2 is 1.96 bits per heavy atom. The smallest absolute Gasteiger partial charge is 0.274 e. The third kappa shape index (κ3) is 4.08. The Morgan fingerprint density at radius 1 is 1.19 bits per heavy atom. The van der Waals surface area contributed by atoms with Crippen molar-refractivity contribution in [3.63, 3.8) is 0 Å². The molecule has 26 heavy (non-hydrogen) atoms. The molecule has 0 radical (unpaired) electrons. The second-order valence-corrected chi connectivity index (χ2v) is 5.97. The van der Waals surface area contributed by atoms with Crippen LogP contribution in [0.25, 0.3) is 0 Å². The number of hydrogen-bond acceptors (Lipinski definition) is 4. The van der Waals surface area contributed by atoms with Crippen molar-refractivity contribution in [2.24, 2.45) is 0 Å². The average Bonchev–Trinajstić information content (AvgIpc) is 3.17. The van der Waals surface area contributed by atoms with Gasteiger partial charge in [0, 0.05) is 13.2 Å². The van der Waals surface area contributed by atoms with Gasteiger partial charge >= 0.3 is 0 Å². The maximum Gasteiger partial charge on any atom is 0.274 e. The van der Waals surface area contributed by atoms with Crippen LogP contribution in [0.1, 0.15) is 41.3 Å². The molecule has 2 aromatic heterocycles. The van der Waals surface area contributed by atoms with E-state index < -0.39 is 0 Å². The summed E-state index contributed by atoms with van der Waals surface area (Å²) < 4.78 is 5.68. The Hall–Kier alpha value is -3.15. The van der Waals surface area contributed by atoms with Crippen LogP contribution in [-0.2, 0) is 6.61 Å². The van der Waals surface area contributed by atoms with Crippen LogP contribution in [0, 0.1) is 0 Å². The Kier molecular flexibility index (Phi) is 5.63. The van der Waals surface area contributed by atoms with Gasteiger partial charge in [-0.15, -0.1) is 0 Å². The summed E-state index contributed by atoms with van der Waals surface area (Å²) in [7, 11) is 1.78. The van der Waals surface area contributed by atoms with Crippen LogP contribution in [0.15, 0.2) is 60.8 Å². The van der Waals surface area contributed by atoms with Crippen LogP contribution in [0.3, 0.4) is 0 Å². The largest absolute Gasteiger partial charge is 0.487 e. The summed E-state index contributed by atoms with van der Waals surface area (Å²) in [5.74, 6) is 0.623.